The number of carbonyl (C=O) groups excluding carboxylic acids is 1. The van der Waals surface area contributed by atoms with Crippen LogP contribution in [0.15, 0.2) is 0 Å². The van der Waals surface area contributed by atoms with Gasteiger partial charge in [0, 0.05) is 0 Å². The maximum absolute atomic E-state index is 11.3. The van der Waals surface area contributed by atoms with Crippen LogP contribution < -0.4 is 5.73 Å². The summed E-state index contributed by atoms with van der Waals surface area (Å²) >= 11 is 0. The smallest absolute Gasteiger partial charge is 0.325 e. The van der Waals surface area contributed by atoms with Crippen molar-refractivity contribution in [3.63, 3.8) is 0 Å². The van der Waals surface area contributed by atoms with Crippen molar-refractivity contribution in [2.45, 2.75) is 57.8 Å². The van der Waals surface area contributed by atoms with Crippen LogP contribution in [0.3, 0.4) is 0 Å². The number of rotatable bonds is 10. The maximum atomic E-state index is 11.3. The van der Waals surface area contributed by atoms with Crippen molar-refractivity contribution in [1.82, 2.24) is 0 Å². The fourth-order valence-electron chi connectivity index (χ4n) is 1.39. The number of hydrogen-bond donors (Lipinski definition) is 2. The molecule has 19 heavy (non-hydrogen) atoms. The van der Waals surface area contributed by atoms with Gasteiger partial charge in [0.2, 0.25) is 0 Å². The minimum Gasteiger partial charge on any atom is -0.464 e. The molecule has 0 radical (unpaired) electrons. The topological polar surface area (TPSA) is 125 Å². The van der Waals surface area contributed by atoms with Gasteiger partial charge in [0.05, 0.1) is 12.7 Å². The highest BCUT2D eigenvalue weighted by atomic mass is 17.0. The second-order valence-electron chi connectivity index (χ2n) is 4.29. The van der Waals surface area contributed by atoms with E-state index in [0.717, 1.165) is 0 Å². The third kappa shape index (κ3) is 8.33. The number of nitrogens with zero attached hydrogens (tertiary/aromatic N) is 1. The lowest BCUT2D eigenvalue weighted by atomic mass is 10.1. The number of esters is 1. The Balaban J connectivity index is 3.69. The number of nitrogens with two attached hydrogens (primary N) is 1. The monoisotopic (exact) mass is 278 g/mol. The first kappa shape index (κ1) is 17.6. The van der Waals surface area contributed by atoms with E-state index in [9.17, 15) is 14.9 Å². The van der Waals surface area contributed by atoms with Crippen LogP contribution in [0.5, 0.6) is 0 Å². The lowest BCUT2D eigenvalue weighted by Crippen LogP contribution is -2.41. The van der Waals surface area contributed by atoms with Gasteiger partial charge in [-0.15, -0.1) is 10.1 Å². The van der Waals surface area contributed by atoms with Gasteiger partial charge >= 0.3 is 5.97 Å². The molecule has 0 amide bonds. The van der Waals surface area contributed by atoms with Gasteiger partial charge < -0.3 is 20.4 Å². The van der Waals surface area contributed by atoms with Crippen molar-refractivity contribution < 1.29 is 24.6 Å². The number of hydrogen-bond acceptors (Lipinski definition) is 7. The van der Waals surface area contributed by atoms with Crippen LogP contribution in [0.4, 0.5) is 0 Å². The lowest BCUT2D eigenvalue weighted by Gasteiger charge is -2.14. The molecule has 0 saturated heterocycles. The van der Waals surface area contributed by atoms with Gasteiger partial charge in [-0.25, -0.2) is 0 Å². The second-order valence-corrected chi connectivity index (χ2v) is 4.29. The summed E-state index contributed by atoms with van der Waals surface area (Å²) in [5.74, 6) is -0.649. The zero-order chi connectivity index (χ0) is 14.8. The SMILES string of the molecule is CCC(CCCCOC(=O)C(N)C(C)O)O[N+](=O)[O-]. The third-order valence-electron chi connectivity index (χ3n) is 2.65. The molecule has 3 unspecified atom stereocenters. The molecule has 0 aliphatic carbocycles. The molecule has 112 valence electrons. The van der Waals surface area contributed by atoms with E-state index in [2.05, 4.69) is 4.84 Å². The fourth-order valence-corrected chi connectivity index (χ4v) is 1.39. The zero-order valence-electron chi connectivity index (χ0n) is 11.3. The van der Waals surface area contributed by atoms with Crippen LogP contribution >= 0.6 is 0 Å². The highest BCUT2D eigenvalue weighted by Gasteiger charge is 2.20. The molecule has 0 aromatic heterocycles. The molecule has 0 spiro atoms. The molecule has 0 fully saturated rings. The normalized spacial score (nSPS) is 15.4. The Kier molecular flexibility index (Phi) is 8.81. The van der Waals surface area contributed by atoms with Crippen LogP contribution in [0, 0.1) is 10.1 Å². The van der Waals surface area contributed by atoms with E-state index >= 15 is 0 Å². The van der Waals surface area contributed by atoms with E-state index in [0.29, 0.717) is 25.7 Å². The molecule has 0 bridgehead atoms. The van der Waals surface area contributed by atoms with Gasteiger partial charge in [-0.1, -0.05) is 6.92 Å². The van der Waals surface area contributed by atoms with Crippen molar-refractivity contribution >= 4 is 5.97 Å². The van der Waals surface area contributed by atoms with Crippen molar-refractivity contribution in [3.05, 3.63) is 10.1 Å². The molecule has 8 heteroatoms. The maximum Gasteiger partial charge on any atom is 0.325 e. The minimum atomic E-state index is -1.04. The molecule has 8 nitrogen and oxygen atoms in total. The predicted octanol–water partition coefficient (Wildman–Crippen LogP) is 0.395. The summed E-state index contributed by atoms with van der Waals surface area (Å²) in [7, 11) is 0. The van der Waals surface area contributed by atoms with Gasteiger partial charge in [0.1, 0.15) is 12.1 Å². The Morgan fingerprint density at radius 2 is 2.11 bits per heavy atom. The standard InChI is InChI=1S/C11H22N2O6/c1-3-9(19-13(16)17)6-4-5-7-18-11(15)10(12)8(2)14/h8-10,14H,3-7,12H2,1-2H3. The van der Waals surface area contributed by atoms with Crippen molar-refractivity contribution in [3.8, 4) is 0 Å². The number of aliphatic hydroxyl groups excluding tert-OH is 1. The van der Waals surface area contributed by atoms with Gasteiger partial charge in [-0.05, 0) is 32.6 Å². The summed E-state index contributed by atoms with van der Waals surface area (Å²) < 4.78 is 4.86. The fraction of sp³-hybridized carbons (Fsp3) is 0.909. The highest BCUT2D eigenvalue weighted by Crippen LogP contribution is 2.09. The second kappa shape index (κ2) is 9.51. The summed E-state index contributed by atoms with van der Waals surface area (Å²) in [5, 5.41) is 18.4. The van der Waals surface area contributed by atoms with Crippen molar-refractivity contribution in [2.24, 2.45) is 5.73 Å². The van der Waals surface area contributed by atoms with Gasteiger partial charge in [0.25, 0.3) is 5.09 Å². The molecule has 3 atom stereocenters. The summed E-state index contributed by atoms with van der Waals surface area (Å²) in [6, 6.07) is -1.04. The van der Waals surface area contributed by atoms with E-state index in [1.807, 2.05) is 0 Å². The number of aliphatic hydroxyl groups is 1. The molecule has 0 heterocycles. The number of carbonyl (C=O) groups is 1. The first-order chi connectivity index (χ1) is 8.88. The molecule has 0 aromatic rings. The Bertz CT molecular complexity index is 284. The van der Waals surface area contributed by atoms with E-state index in [1.165, 1.54) is 6.92 Å². The lowest BCUT2D eigenvalue weighted by molar-refractivity contribution is -0.768. The molecule has 0 aliphatic rings. The quantitative estimate of drug-likeness (QED) is 0.256. The highest BCUT2D eigenvalue weighted by molar-refractivity contribution is 5.76. The van der Waals surface area contributed by atoms with Crippen LogP contribution in [-0.2, 0) is 14.4 Å². The molecular formula is C11H22N2O6. The summed E-state index contributed by atoms with van der Waals surface area (Å²) in [6.45, 7) is 3.39. The van der Waals surface area contributed by atoms with E-state index in [-0.39, 0.29) is 6.61 Å². The summed E-state index contributed by atoms with van der Waals surface area (Å²) in [4.78, 5) is 25.9. The van der Waals surface area contributed by atoms with Crippen molar-refractivity contribution in [1.29, 1.82) is 0 Å². The van der Waals surface area contributed by atoms with Gasteiger partial charge in [0.15, 0.2) is 0 Å². The van der Waals surface area contributed by atoms with Gasteiger partial charge in [-0.2, -0.15) is 0 Å². The van der Waals surface area contributed by atoms with E-state index in [1.54, 1.807) is 6.92 Å². The average molecular weight is 278 g/mol. The largest absolute Gasteiger partial charge is 0.464 e. The van der Waals surface area contributed by atoms with Crippen LogP contribution in [0.25, 0.3) is 0 Å². The van der Waals surface area contributed by atoms with Gasteiger partial charge in [-0.3, -0.25) is 4.79 Å². The van der Waals surface area contributed by atoms with Crippen molar-refractivity contribution in [2.75, 3.05) is 6.61 Å². The molecular weight excluding hydrogens is 256 g/mol. The zero-order valence-corrected chi connectivity index (χ0v) is 11.3. The Morgan fingerprint density at radius 3 is 2.58 bits per heavy atom. The number of unbranched alkanes of at least 4 members (excludes halogenated alkanes) is 1. The third-order valence-corrected chi connectivity index (χ3v) is 2.65. The van der Waals surface area contributed by atoms with E-state index in [4.69, 9.17) is 15.6 Å². The Labute approximate surface area is 112 Å². The average Bonchev–Trinajstić information content (AvgIpc) is 2.34. The van der Waals surface area contributed by atoms with E-state index < -0.39 is 29.3 Å². The van der Waals surface area contributed by atoms with Crippen LogP contribution in [0.2, 0.25) is 0 Å². The first-order valence-corrected chi connectivity index (χ1v) is 6.29. The molecule has 3 N–H and O–H groups in total. The minimum absolute atomic E-state index is 0.175. The summed E-state index contributed by atoms with van der Waals surface area (Å²) in [5.41, 5.74) is 5.38. The first-order valence-electron chi connectivity index (χ1n) is 6.29. The molecule has 0 aromatic carbocycles. The molecule has 0 aliphatic heterocycles. The Morgan fingerprint density at radius 1 is 1.47 bits per heavy atom. The summed E-state index contributed by atoms with van der Waals surface area (Å²) in [6.07, 6.45) is 0.903. The number of ether oxygens (including phenoxy) is 1. The molecule has 0 saturated carbocycles. The Hall–Kier alpha value is -1.41. The predicted molar refractivity (Wildman–Crippen MR) is 66.6 cm³/mol. The molecule has 0 rings (SSSR count). The van der Waals surface area contributed by atoms with Crippen LogP contribution in [0.1, 0.15) is 39.5 Å². The van der Waals surface area contributed by atoms with Crippen LogP contribution in [-0.4, -0.2) is 41.0 Å².